The molecule has 4 heteroatoms. The molecule has 1 aromatic rings. The lowest BCUT2D eigenvalue weighted by atomic mass is 10.1. The van der Waals surface area contributed by atoms with Gasteiger partial charge in [0, 0.05) is 23.7 Å². The highest BCUT2D eigenvalue weighted by Crippen LogP contribution is 2.31. The molecule has 0 radical (unpaired) electrons. The molecule has 2 nitrogen and oxygen atoms in total. The predicted molar refractivity (Wildman–Crippen MR) is 82.7 cm³/mol. The van der Waals surface area contributed by atoms with Gasteiger partial charge >= 0.3 is 0 Å². The third-order valence-corrected chi connectivity index (χ3v) is 3.96. The van der Waals surface area contributed by atoms with Crippen LogP contribution < -0.4 is 5.32 Å². The first-order valence-corrected chi connectivity index (χ1v) is 7.70. The Kier molecular flexibility index (Phi) is 4.99. The molecule has 0 saturated carbocycles. The molecule has 118 valence electrons. The zero-order valence-corrected chi connectivity index (χ0v) is 13.2. The van der Waals surface area contributed by atoms with Crippen molar-refractivity contribution < 1.29 is 8.78 Å². The van der Waals surface area contributed by atoms with Crippen molar-refractivity contribution in [2.24, 2.45) is 0 Å². The summed E-state index contributed by atoms with van der Waals surface area (Å²) in [5, 5.41) is 3.43. The summed E-state index contributed by atoms with van der Waals surface area (Å²) in [6.07, 6.45) is 2.00. The summed E-state index contributed by atoms with van der Waals surface area (Å²) in [6, 6.07) is 8.35. The van der Waals surface area contributed by atoms with E-state index in [9.17, 15) is 8.78 Å². The molecule has 1 unspecified atom stereocenters. The van der Waals surface area contributed by atoms with Gasteiger partial charge in [-0.3, -0.25) is 4.90 Å². The predicted octanol–water partition coefficient (Wildman–Crippen LogP) is 3.63. The van der Waals surface area contributed by atoms with Gasteiger partial charge in [0.1, 0.15) is 0 Å². The second-order valence-electron chi connectivity index (χ2n) is 6.97. The van der Waals surface area contributed by atoms with E-state index in [0.717, 1.165) is 25.9 Å². The van der Waals surface area contributed by atoms with Crippen LogP contribution in [-0.2, 0) is 5.92 Å². The number of alkyl halides is 2. The molecule has 2 rings (SSSR count). The zero-order chi connectivity index (χ0) is 15.5. The SMILES string of the molecule is CC(C)(C)NCC1CCCN1CC(F)(F)c1ccccc1. The zero-order valence-electron chi connectivity index (χ0n) is 13.2. The van der Waals surface area contributed by atoms with Crippen LogP contribution >= 0.6 is 0 Å². The minimum absolute atomic E-state index is 0.0240. The van der Waals surface area contributed by atoms with Gasteiger partial charge in [-0.25, -0.2) is 0 Å². The van der Waals surface area contributed by atoms with Gasteiger partial charge in [0.15, 0.2) is 0 Å². The summed E-state index contributed by atoms with van der Waals surface area (Å²) in [5.41, 5.74) is 0.135. The first-order valence-electron chi connectivity index (χ1n) is 7.70. The van der Waals surface area contributed by atoms with Crippen molar-refractivity contribution in [3.05, 3.63) is 35.9 Å². The summed E-state index contributed by atoms with van der Waals surface area (Å²) in [6.45, 7) is 7.65. The fraction of sp³-hybridized carbons (Fsp3) is 0.647. The molecule has 1 atom stereocenters. The lowest BCUT2D eigenvalue weighted by molar-refractivity contribution is -0.0410. The second-order valence-corrected chi connectivity index (χ2v) is 6.97. The van der Waals surface area contributed by atoms with E-state index in [2.05, 4.69) is 26.1 Å². The van der Waals surface area contributed by atoms with E-state index < -0.39 is 5.92 Å². The van der Waals surface area contributed by atoms with Crippen molar-refractivity contribution >= 4 is 0 Å². The van der Waals surface area contributed by atoms with E-state index in [-0.39, 0.29) is 23.7 Å². The topological polar surface area (TPSA) is 15.3 Å². The maximum absolute atomic E-state index is 14.4. The molecule has 1 fully saturated rings. The van der Waals surface area contributed by atoms with E-state index in [4.69, 9.17) is 0 Å². The van der Waals surface area contributed by atoms with Crippen LogP contribution in [0.1, 0.15) is 39.2 Å². The van der Waals surface area contributed by atoms with Gasteiger partial charge in [-0.1, -0.05) is 30.3 Å². The third kappa shape index (κ3) is 4.75. The maximum Gasteiger partial charge on any atom is 0.285 e. The van der Waals surface area contributed by atoms with E-state index in [1.807, 2.05) is 4.90 Å². The summed E-state index contributed by atoms with van der Waals surface area (Å²) >= 11 is 0. The van der Waals surface area contributed by atoms with Gasteiger partial charge in [0.05, 0.1) is 6.54 Å². The van der Waals surface area contributed by atoms with Crippen LogP contribution in [0.15, 0.2) is 30.3 Å². The molecular formula is C17H26F2N2. The lowest BCUT2D eigenvalue weighted by Gasteiger charge is -2.31. The molecule has 0 bridgehead atoms. The van der Waals surface area contributed by atoms with Crippen molar-refractivity contribution in [2.45, 2.75) is 51.1 Å². The van der Waals surface area contributed by atoms with Gasteiger partial charge in [-0.2, -0.15) is 8.78 Å². The summed E-state index contributed by atoms with van der Waals surface area (Å²) in [4.78, 5) is 1.94. The molecule has 1 aliphatic rings. The van der Waals surface area contributed by atoms with Crippen LogP contribution in [0, 0.1) is 0 Å². The first-order chi connectivity index (χ1) is 9.78. The van der Waals surface area contributed by atoms with E-state index in [0.29, 0.717) is 0 Å². The Balaban J connectivity index is 1.97. The smallest absolute Gasteiger partial charge is 0.285 e. The number of likely N-dealkylation sites (tertiary alicyclic amines) is 1. The standard InChI is InChI=1S/C17H26F2N2/c1-16(2,3)20-12-15-10-7-11-21(15)13-17(18,19)14-8-5-4-6-9-14/h4-6,8-9,15,20H,7,10-13H2,1-3H3. The fourth-order valence-electron chi connectivity index (χ4n) is 2.79. The van der Waals surface area contributed by atoms with Crippen molar-refractivity contribution in [3.8, 4) is 0 Å². The quantitative estimate of drug-likeness (QED) is 0.892. The van der Waals surface area contributed by atoms with Crippen LogP contribution in [0.5, 0.6) is 0 Å². The Morgan fingerprint density at radius 2 is 1.86 bits per heavy atom. The first kappa shape index (κ1) is 16.4. The molecule has 21 heavy (non-hydrogen) atoms. The number of hydrogen-bond acceptors (Lipinski definition) is 2. The average Bonchev–Trinajstić information content (AvgIpc) is 2.83. The fourth-order valence-corrected chi connectivity index (χ4v) is 2.79. The minimum Gasteiger partial charge on any atom is -0.311 e. The van der Waals surface area contributed by atoms with Crippen LogP contribution in [0.4, 0.5) is 8.78 Å². The van der Waals surface area contributed by atoms with Gasteiger partial charge < -0.3 is 5.32 Å². The molecule has 1 aliphatic heterocycles. The van der Waals surface area contributed by atoms with Crippen LogP contribution in [0.3, 0.4) is 0 Å². The van der Waals surface area contributed by atoms with Gasteiger partial charge in [0.2, 0.25) is 0 Å². The summed E-state index contributed by atoms with van der Waals surface area (Å²) < 4.78 is 28.8. The highest BCUT2D eigenvalue weighted by Gasteiger charge is 2.37. The Bertz CT molecular complexity index is 440. The van der Waals surface area contributed by atoms with E-state index in [1.165, 1.54) is 12.1 Å². The lowest BCUT2D eigenvalue weighted by Crippen LogP contribution is -2.47. The second kappa shape index (κ2) is 6.41. The van der Waals surface area contributed by atoms with Crippen LogP contribution in [0.25, 0.3) is 0 Å². The Labute approximate surface area is 126 Å². The molecule has 0 aliphatic carbocycles. The molecule has 1 N–H and O–H groups in total. The van der Waals surface area contributed by atoms with Gasteiger partial charge in [-0.15, -0.1) is 0 Å². The molecule has 0 amide bonds. The van der Waals surface area contributed by atoms with Crippen LogP contribution in [0.2, 0.25) is 0 Å². The normalized spacial score (nSPS) is 20.9. The van der Waals surface area contributed by atoms with Crippen molar-refractivity contribution in [2.75, 3.05) is 19.6 Å². The highest BCUT2D eigenvalue weighted by molar-refractivity contribution is 5.20. The Morgan fingerprint density at radius 1 is 1.19 bits per heavy atom. The molecule has 0 spiro atoms. The molecular weight excluding hydrogens is 270 g/mol. The van der Waals surface area contributed by atoms with Crippen LogP contribution in [-0.4, -0.2) is 36.1 Å². The van der Waals surface area contributed by atoms with Gasteiger partial charge in [0.25, 0.3) is 5.92 Å². The number of hydrogen-bond donors (Lipinski definition) is 1. The number of benzene rings is 1. The number of nitrogens with one attached hydrogen (secondary N) is 1. The molecule has 1 saturated heterocycles. The number of halogens is 2. The summed E-state index contributed by atoms with van der Waals surface area (Å²) in [7, 11) is 0. The molecule has 1 aromatic carbocycles. The average molecular weight is 296 g/mol. The Morgan fingerprint density at radius 3 is 2.48 bits per heavy atom. The maximum atomic E-state index is 14.4. The van der Waals surface area contributed by atoms with E-state index >= 15 is 0 Å². The molecule has 1 heterocycles. The minimum atomic E-state index is -2.79. The number of nitrogens with zero attached hydrogens (tertiary/aromatic N) is 1. The van der Waals surface area contributed by atoms with Crippen molar-refractivity contribution in [1.82, 2.24) is 10.2 Å². The van der Waals surface area contributed by atoms with Crippen molar-refractivity contribution in [1.29, 1.82) is 0 Å². The Hall–Kier alpha value is -1.00. The number of rotatable bonds is 5. The monoisotopic (exact) mass is 296 g/mol. The van der Waals surface area contributed by atoms with Crippen molar-refractivity contribution in [3.63, 3.8) is 0 Å². The van der Waals surface area contributed by atoms with Gasteiger partial charge in [-0.05, 0) is 40.2 Å². The largest absolute Gasteiger partial charge is 0.311 e. The molecule has 0 aromatic heterocycles. The highest BCUT2D eigenvalue weighted by atomic mass is 19.3. The third-order valence-electron chi connectivity index (χ3n) is 3.96. The summed E-state index contributed by atoms with van der Waals surface area (Å²) in [5.74, 6) is -2.79. The van der Waals surface area contributed by atoms with E-state index in [1.54, 1.807) is 18.2 Å².